The maximum atomic E-state index is 12.9. The summed E-state index contributed by atoms with van der Waals surface area (Å²) in [6, 6.07) is 12.5. The van der Waals surface area contributed by atoms with Gasteiger partial charge in [0, 0.05) is 12.6 Å². The van der Waals surface area contributed by atoms with Crippen molar-refractivity contribution < 1.29 is 21.9 Å². The Morgan fingerprint density at radius 1 is 1.10 bits per heavy atom. The number of sulfonamides is 1. The number of benzene rings is 2. The number of likely N-dealkylation sites (N-methyl/N-ethyl adjacent to an activating group) is 1. The third-order valence-corrected chi connectivity index (χ3v) is 6.75. The predicted octanol–water partition coefficient (Wildman–Crippen LogP) is 4.11. The molecule has 0 aromatic heterocycles. The first-order chi connectivity index (χ1) is 14.2. The van der Waals surface area contributed by atoms with E-state index in [1.165, 1.54) is 12.1 Å². The van der Waals surface area contributed by atoms with Crippen molar-refractivity contribution >= 4 is 16.1 Å². The van der Waals surface area contributed by atoms with Crippen LogP contribution in [-0.4, -0.2) is 40.6 Å². The molecule has 1 unspecified atom stereocenters. The van der Waals surface area contributed by atoms with E-state index in [-0.39, 0.29) is 18.3 Å². The third-order valence-electron chi connectivity index (χ3n) is 5.19. The fourth-order valence-corrected chi connectivity index (χ4v) is 4.72. The van der Waals surface area contributed by atoms with E-state index in [2.05, 4.69) is 9.46 Å². The van der Waals surface area contributed by atoms with E-state index in [4.69, 9.17) is 0 Å². The molecule has 2 aromatic carbocycles. The molecule has 0 saturated heterocycles. The summed E-state index contributed by atoms with van der Waals surface area (Å²) in [7, 11) is 0.155. The highest BCUT2D eigenvalue weighted by atomic mass is 32.2. The van der Waals surface area contributed by atoms with E-state index in [0.29, 0.717) is 23.3 Å². The molecule has 30 heavy (non-hydrogen) atoms. The molecule has 5 nitrogen and oxygen atoms in total. The molecule has 3 rings (SSSR count). The van der Waals surface area contributed by atoms with Gasteiger partial charge in [0.15, 0.2) is 0 Å². The van der Waals surface area contributed by atoms with Gasteiger partial charge in [-0.15, -0.1) is 0 Å². The van der Waals surface area contributed by atoms with Crippen LogP contribution in [0.3, 0.4) is 0 Å². The van der Waals surface area contributed by atoms with E-state index in [1.54, 1.807) is 12.1 Å². The molecule has 8 heteroatoms. The van der Waals surface area contributed by atoms with Crippen LogP contribution >= 0.6 is 0 Å². The number of alkyl halides is 2. The van der Waals surface area contributed by atoms with Gasteiger partial charge in [0.1, 0.15) is 5.75 Å². The number of ether oxygens (including phenoxy) is 1. The van der Waals surface area contributed by atoms with Crippen molar-refractivity contribution in [3.63, 3.8) is 0 Å². The van der Waals surface area contributed by atoms with Gasteiger partial charge in [-0.1, -0.05) is 35.9 Å². The smallest absolute Gasteiger partial charge is 0.387 e. The molecule has 0 fully saturated rings. The van der Waals surface area contributed by atoms with Crippen LogP contribution in [0.1, 0.15) is 34.7 Å². The lowest BCUT2D eigenvalue weighted by Gasteiger charge is -2.26. The zero-order chi connectivity index (χ0) is 21.9. The van der Waals surface area contributed by atoms with Crippen molar-refractivity contribution in [1.82, 2.24) is 9.62 Å². The summed E-state index contributed by atoms with van der Waals surface area (Å²) in [5.41, 5.74) is 3.66. The van der Waals surface area contributed by atoms with Crippen molar-refractivity contribution in [3.8, 4) is 5.75 Å². The van der Waals surface area contributed by atoms with Gasteiger partial charge in [0.05, 0.1) is 4.91 Å². The minimum Gasteiger partial charge on any atom is -0.435 e. The molecule has 1 aliphatic rings. The number of aryl methyl sites for hydroxylation is 2. The first-order valence-corrected chi connectivity index (χ1v) is 11.1. The molecular formula is C22H26F2N2O3S. The maximum absolute atomic E-state index is 12.9. The molecule has 0 saturated carbocycles. The summed E-state index contributed by atoms with van der Waals surface area (Å²) in [6.45, 7) is -0.642. The van der Waals surface area contributed by atoms with Gasteiger partial charge in [-0.2, -0.15) is 8.78 Å². The van der Waals surface area contributed by atoms with Crippen LogP contribution in [0.15, 0.2) is 47.4 Å². The molecule has 2 aromatic rings. The van der Waals surface area contributed by atoms with Gasteiger partial charge in [0.25, 0.3) is 0 Å². The van der Waals surface area contributed by atoms with Gasteiger partial charge in [-0.3, -0.25) is 0 Å². The quantitative estimate of drug-likeness (QED) is 0.677. The topological polar surface area (TPSA) is 58.6 Å². The molecule has 1 atom stereocenters. The Hall–Kier alpha value is -2.29. The first-order valence-electron chi connectivity index (χ1n) is 9.66. The molecule has 0 heterocycles. The zero-order valence-corrected chi connectivity index (χ0v) is 18.0. The molecule has 0 aliphatic heterocycles. The lowest BCUT2D eigenvalue weighted by atomic mass is 9.97. The lowest BCUT2D eigenvalue weighted by molar-refractivity contribution is -0.0498. The summed E-state index contributed by atoms with van der Waals surface area (Å²) in [6.07, 6.45) is 2.35. The van der Waals surface area contributed by atoms with Gasteiger partial charge >= 0.3 is 6.61 Å². The van der Waals surface area contributed by atoms with Crippen molar-refractivity contribution in [3.05, 3.63) is 69.6 Å². The van der Waals surface area contributed by atoms with Crippen LogP contribution in [0.5, 0.6) is 5.75 Å². The minimum atomic E-state index is -3.67. The number of nitrogens with zero attached hydrogens (tertiary/aromatic N) is 1. The summed E-state index contributed by atoms with van der Waals surface area (Å²) in [4.78, 5) is 2.27. The Morgan fingerprint density at radius 2 is 1.80 bits per heavy atom. The third kappa shape index (κ3) is 5.44. The van der Waals surface area contributed by atoms with Gasteiger partial charge in [-0.05, 0) is 68.8 Å². The molecule has 1 N–H and O–H groups in total. The maximum Gasteiger partial charge on any atom is 0.387 e. The van der Waals surface area contributed by atoms with Crippen molar-refractivity contribution in [2.75, 3.05) is 20.6 Å². The monoisotopic (exact) mass is 436 g/mol. The Balaban J connectivity index is 1.75. The highest BCUT2D eigenvalue weighted by molar-refractivity contribution is 7.93. The SMILES string of the molecule is Cc1ccc(C(CNS(=O)(=O)C2=Cc3ccc(OC(F)F)cc3CC2)N(C)C)cc1. The van der Waals surface area contributed by atoms with Crippen molar-refractivity contribution in [2.24, 2.45) is 0 Å². The molecule has 1 aliphatic carbocycles. The molecule has 0 spiro atoms. The van der Waals surface area contributed by atoms with Crippen LogP contribution in [0.25, 0.3) is 6.08 Å². The largest absolute Gasteiger partial charge is 0.435 e. The summed E-state index contributed by atoms with van der Waals surface area (Å²) in [5.74, 6) is 0.0773. The van der Waals surface area contributed by atoms with Gasteiger partial charge in [0.2, 0.25) is 10.0 Å². The number of rotatable bonds is 8. The Morgan fingerprint density at radius 3 is 2.43 bits per heavy atom. The van der Waals surface area contributed by atoms with Crippen molar-refractivity contribution in [1.29, 1.82) is 0 Å². The van der Waals surface area contributed by atoms with Crippen LogP contribution in [0, 0.1) is 6.92 Å². The highest BCUT2D eigenvalue weighted by Crippen LogP contribution is 2.30. The predicted molar refractivity (Wildman–Crippen MR) is 114 cm³/mol. The number of nitrogens with one attached hydrogen (secondary N) is 1. The number of fused-ring (bicyclic) bond motifs is 1. The highest BCUT2D eigenvalue weighted by Gasteiger charge is 2.24. The van der Waals surface area contributed by atoms with Crippen molar-refractivity contribution in [2.45, 2.75) is 32.4 Å². The molecule has 0 amide bonds. The van der Waals surface area contributed by atoms with Crippen LogP contribution < -0.4 is 9.46 Å². The van der Waals surface area contributed by atoms with Gasteiger partial charge < -0.3 is 9.64 Å². The van der Waals surface area contributed by atoms with E-state index in [9.17, 15) is 17.2 Å². The summed E-state index contributed by atoms with van der Waals surface area (Å²) in [5, 5.41) is 0. The second-order valence-electron chi connectivity index (χ2n) is 7.59. The molecule has 0 bridgehead atoms. The van der Waals surface area contributed by atoms with Crippen LogP contribution in [-0.2, 0) is 16.4 Å². The Kier molecular flexibility index (Phi) is 6.90. The second-order valence-corrected chi connectivity index (χ2v) is 9.41. The molecule has 162 valence electrons. The number of halogens is 2. The Labute approximate surface area is 176 Å². The number of hydrogen-bond donors (Lipinski definition) is 1. The van der Waals surface area contributed by atoms with E-state index < -0.39 is 16.6 Å². The minimum absolute atomic E-state index is 0.0773. The van der Waals surface area contributed by atoms with Gasteiger partial charge in [-0.25, -0.2) is 13.1 Å². The Bertz CT molecular complexity index is 1020. The van der Waals surface area contributed by atoms with E-state index in [0.717, 1.165) is 16.7 Å². The summed E-state index contributed by atoms with van der Waals surface area (Å²) < 4.78 is 57.7. The van der Waals surface area contributed by atoms with Crippen LogP contribution in [0.4, 0.5) is 8.78 Å². The van der Waals surface area contributed by atoms with Crippen LogP contribution in [0.2, 0.25) is 0 Å². The summed E-state index contributed by atoms with van der Waals surface area (Å²) >= 11 is 0. The fraction of sp³-hybridized carbons (Fsp3) is 0.364. The fourth-order valence-electron chi connectivity index (χ4n) is 3.50. The lowest BCUT2D eigenvalue weighted by Crippen LogP contribution is -2.35. The molecular weight excluding hydrogens is 410 g/mol. The first kappa shape index (κ1) is 22.4. The van der Waals surface area contributed by atoms with E-state index >= 15 is 0 Å². The number of hydrogen-bond acceptors (Lipinski definition) is 4. The van der Waals surface area contributed by atoms with E-state index in [1.807, 2.05) is 50.2 Å². The average Bonchev–Trinajstić information content (AvgIpc) is 2.68. The second kappa shape index (κ2) is 9.24. The zero-order valence-electron chi connectivity index (χ0n) is 17.2. The molecule has 0 radical (unpaired) electrons. The standard InChI is InChI=1S/C22H26F2N2O3S/c1-15-4-6-16(7-5-15)21(26(2)3)14-25-30(27,28)20-11-9-17-12-19(29-22(23)24)10-8-18(17)13-20/h4-8,10,12-13,21-22,25H,9,11,14H2,1-3H3. The normalized spacial score (nSPS) is 15.1. The number of allylic oxidation sites excluding steroid dienone is 1. The average molecular weight is 437 g/mol.